The number of sulfonamides is 1. The second-order valence-electron chi connectivity index (χ2n) is 5.17. The first-order chi connectivity index (χ1) is 9.04. The fraction of sp³-hybridized carbons (Fsp3) is 0.455. The minimum atomic E-state index is -4.10. The molecule has 1 aromatic rings. The molecule has 0 aliphatic heterocycles. The Bertz CT molecular complexity index is 742. The Morgan fingerprint density at radius 1 is 1.30 bits per heavy atom. The second-order valence-corrected chi connectivity index (χ2v) is 9.47. The van der Waals surface area contributed by atoms with Gasteiger partial charge in [0.15, 0.2) is 0 Å². The first kappa shape index (κ1) is 15.7. The van der Waals surface area contributed by atoms with Crippen LogP contribution in [0, 0.1) is 11.2 Å². The molecule has 1 saturated carbocycles. The smallest absolute Gasteiger partial charge is 0.211 e. The van der Waals surface area contributed by atoms with E-state index in [4.69, 9.17) is 10.7 Å². The Hall–Kier alpha value is -0.700. The van der Waals surface area contributed by atoms with E-state index in [-0.39, 0.29) is 12.0 Å². The van der Waals surface area contributed by atoms with E-state index in [2.05, 4.69) is 4.72 Å². The van der Waals surface area contributed by atoms with E-state index in [1.54, 1.807) is 0 Å². The maximum Gasteiger partial charge on any atom is 0.261 e. The predicted molar refractivity (Wildman–Crippen MR) is 72.0 cm³/mol. The molecule has 0 atom stereocenters. The van der Waals surface area contributed by atoms with Crippen molar-refractivity contribution in [1.29, 1.82) is 0 Å². The van der Waals surface area contributed by atoms with Crippen LogP contribution >= 0.6 is 10.7 Å². The Morgan fingerprint density at radius 3 is 2.35 bits per heavy atom. The molecule has 0 heterocycles. The Kier molecular flexibility index (Phi) is 3.87. The average molecular weight is 342 g/mol. The van der Waals surface area contributed by atoms with E-state index in [9.17, 15) is 21.2 Å². The molecule has 0 aromatic heterocycles. The molecule has 0 unspecified atom stereocenters. The fourth-order valence-corrected chi connectivity index (χ4v) is 3.61. The van der Waals surface area contributed by atoms with Crippen LogP contribution in [0.5, 0.6) is 0 Å². The first-order valence-corrected chi connectivity index (χ1v) is 9.57. The second kappa shape index (κ2) is 4.94. The molecule has 20 heavy (non-hydrogen) atoms. The summed E-state index contributed by atoms with van der Waals surface area (Å²) < 4.78 is 62.1. The van der Waals surface area contributed by atoms with Gasteiger partial charge in [0, 0.05) is 17.2 Å². The standard InChI is InChI=1S/C11H13ClFNO4S2/c1-11(4-5-11)7-14-20(17,18)10-3-2-8(6-9(10)13)19(12,15)16/h2-3,6,14H,4-5,7H2,1H3. The van der Waals surface area contributed by atoms with Gasteiger partial charge in [-0.05, 0) is 36.5 Å². The van der Waals surface area contributed by atoms with E-state index >= 15 is 0 Å². The Balaban J connectivity index is 2.28. The molecule has 2 rings (SSSR count). The largest absolute Gasteiger partial charge is 0.261 e. The summed E-state index contributed by atoms with van der Waals surface area (Å²) in [5.41, 5.74) is -0.0665. The summed E-state index contributed by atoms with van der Waals surface area (Å²) in [6, 6.07) is 2.44. The third-order valence-corrected chi connectivity index (χ3v) is 6.05. The van der Waals surface area contributed by atoms with Crippen molar-refractivity contribution in [2.75, 3.05) is 6.54 Å². The molecule has 0 saturated heterocycles. The maximum absolute atomic E-state index is 13.8. The molecule has 5 nitrogen and oxygen atoms in total. The number of nitrogens with one attached hydrogen (secondary N) is 1. The molecule has 1 N–H and O–H groups in total. The van der Waals surface area contributed by atoms with Crippen molar-refractivity contribution >= 4 is 29.8 Å². The van der Waals surface area contributed by atoms with Gasteiger partial charge in [0.05, 0.1) is 4.90 Å². The molecule has 112 valence electrons. The number of halogens is 2. The molecule has 0 bridgehead atoms. The molecule has 9 heteroatoms. The van der Waals surface area contributed by atoms with Crippen LogP contribution in [0.1, 0.15) is 19.8 Å². The van der Waals surface area contributed by atoms with Crippen LogP contribution in [-0.4, -0.2) is 23.4 Å². The average Bonchev–Trinajstić information content (AvgIpc) is 3.04. The summed E-state index contributed by atoms with van der Waals surface area (Å²) in [5, 5.41) is 0. The van der Waals surface area contributed by atoms with Crippen molar-refractivity contribution in [3.05, 3.63) is 24.0 Å². The zero-order chi connectivity index (χ0) is 15.2. The minimum Gasteiger partial charge on any atom is -0.211 e. The zero-order valence-corrected chi connectivity index (χ0v) is 12.9. The van der Waals surface area contributed by atoms with Crippen molar-refractivity contribution in [3.8, 4) is 0 Å². The third-order valence-electron chi connectivity index (χ3n) is 3.27. The summed E-state index contributed by atoms with van der Waals surface area (Å²) in [4.78, 5) is -1.07. The fourth-order valence-electron chi connectivity index (χ4n) is 1.59. The minimum absolute atomic E-state index is 0.0665. The summed E-state index contributed by atoms with van der Waals surface area (Å²) >= 11 is 0. The van der Waals surface area contributed by atoms with Gasteiger partial charge < -0.3 is 0 Å². The van der Waals surface area contributed by atoms with Gasteiger partial charge >= 0.3 is 0 Å². The molecule has 0 amide bonds. The van der Waals surface area contributed by atoms with E-state index in [0.717, 1.165) is 25.0 Å². The van der Waals surface area contributed by atoms with Crippen molar-refractivity contribution in [3.63, 3.8) is 0 Å². The van der Waals surface area contributed by atoms with E-state index in [0.29, 0.717) is 6.07 Å². The molecule has 0 spiro atoms. The molecular weight excluding hydrogens is 329 g/mol. The topological polar surface area (TPSA) is 80.3 Å². The highest BCUT2D eigenvalue weighted by atomic mass is 35.7. The highest BCUT2D eigenvalue weighted by Crippen LogP contribution is 2.44. The van der Waals surface area contributed by atoms with E-state index in [1.165, 1.54) is 0 Å². The quantitative estimate of drug-likeness (QED) is 0.828. The first-order valence-electron chi connectivity index (χ1n) is 5.77. The molecule has 1 aliphatic rings. The lowest BCUT2D eigenvalue weighted by molar-refractivity contribution is 0.521. The monoisotopic (exact) mass is 341 g/mol. The normalized spacial score (nSPS) is 17.9. The van der Waals surface area contributed by atoms with Crippen LogP contribution in [0.15, 0.2) is 28.0 Å². The van der Waals surface area contributed by atoms with Gasteiger partial charge in [-0.3, -0.25) is 0 Å². The lowest BCUT2D eigenvalue weighted by Gasteiger charge is -2.11. The van der Waals surface area contributed by atoms with Gasteiger partial charge in [-0.25, -0.2) is 25.9 Å². The molecule has 1 fully saturated rings. The van der Waals surface area contributed by atoms with E-state index in [1.807, 2.05) is 6.92 Å². The third kappa shape index (κ3) is 3.49. The zero-order valence-electron chi connectivity index (χ0n) is 10.6. The van der Waals surface area contributed by atoms with Crippen LogP contribution in [-0.2, 0) is 19.1 Å². The van der Waals surface area contributed by atoms with Gasteiger partial charge in [0.2, 0.25) is 10.0 Å². The summed E-state index contributed by atoms with van der Waals surface area (Å²) in [5.74, 6) is -1.15. The molecule has 0 radical (unpaired) electrons. The lowest BCUT2D eigenvalue weighted by atomic mass is 10.2. The van der Waals surface area contributed by atoms with Gasteiger partial charge in [-0.2, -0.15) is 0 Å². The van der Waals surface area contributed by atoms with Gasteiger partial charge in [-0.15, -0.1) is 0 Å². The van der Waals surface area contributed by atoms with Crippen molar-refractivity contribution in [1.82, 2.24) is 4.72 Å². The number of rotatable bonds is 5. The van der Waals surface area contributed by atoms with Crippen LogP contribution in [0.4, 0.5) is 4.39 Å². The van der Waals surface area contributed by atoms with Crippen molar-refractivity contribution in [2.24, 2.45) is 5.41 Å². The maximum atomic E-state index is 13.8. The number of hydrogen-bond donors (Lipinski definition) is 1. The summed E-state index contributed by atoms with van der Waals surface area (Å²) in [7, 11) is -3.04. The lowest BCUT2D eigenvalue weighted by Crippen LogP contribution is -2.29. The predicted octanol–water partition coefficient (Wildman–Crippen LogP) is 1.83. The van der Waals surface area contributed by atoms with Crippen LogP contribution in [0.2, 0.25) is 0 Å². The van der Waals surface area contributed by atoms with Crippen molar-refractivity contribution < 1.29 is 21.2 Å². The number of hydrogen-bond acceptors (Lipinski definition) is 4. The molecule has 1 aromatic carbocycles. The Labute approximate surface area is 121 Å². The van der Waals surface area contributed by atoms with Gasteiger partial charge in [-0.1, -0.05) is 6.92 Å². The Morgan fingerprint density at radius 2 is 1.90 bits per heavy atom. The van der Waals surface area contributed by atoms with Gasteiger partial charge in [0.25, 0.3) is 9.05 Å². The summed E-state index contributed by atoms with van der Waals surface area (Å²) in [6.45, 7) is 2.15. The van der Waals surface area contributed by atoms with Gasteiger partial charge in [0.1, 0.15) is 10.7 Å². The van der Waals surface area contributed by atoms with Crippen LogP contribution < -0.4 is 4.72 Å². The van der Waals surface area contributed by atoms with E-state index < -0.39 is 34.7 Å². The SMILES string of the molecule is CC1(CNS(=O)(=O)c2ccc(S(=O)(=O)Cl)cc2F)CC1. The molecular formula is C11H13ClFNO4S2. The highest BCUT2D eigenvalue weighted by Gasteiger charge is 2.38. The summed E-state index contributed by atoms with van der Waals surface area (Å²) in [6.07, 6.45) is 1.84. The molecule has 1 aliphatic carbocycles. The number of benzene rings is 1. The van der Waals surface area contributed by atoms with Crippen LogP contribution in [0.25, 0.3) is 0 Å². The van der Waals surface area contributed by atoms with Crippen LogP contribution in [0.3, 0.4) is 0 Å². The highest BCUT2D eigenvalue weighted by molar-refractivity contribution is 8.13. The van der Waals surface area contributed by atoms with Crippen molar-refractivity contribution in [2.45, 2.75) is 29.6 Å².